The molecule has 2 aromatic rings. The van der Waals surface area contributed by atoms with Crippen molar-refractivity contribution in [2.75, 3.05) is 6.54 Å². The molecule has 40 heavy (non-hydrogen) atoms. The largest absolute Gasteiger partial charge is 0.416 e. The van der Waals surface area contributed by atoms with Crippen molar-refractivity contribution >= 4 is 52.2 Å². The molecular weight excluding hydrogens is 676 g/mol. The molecule has 1 atom stereocenters. The highest BCUT2D eigenvalue weighted by Crippen LogP contribution is 2.37. The Kier molecular flexibility index (Phi) is 11.1. The maximum Gasteiger partial charge on any atom is 0.416 e. The van der Waals surface area contributed by atoms with E-state index in [2.05, 4.69) is 10.8 Å². The van der Waals surface area contributed by atoms with E-state index in [1.807, 2.05) is 22.0 Å². The summed E-state index contributed by atoms with van der Waals surface area (Å²) in [5.41, 5.74) is 0.218. The average Bonchev–Trinajstić information content (AvgIpc) is 2.89. The van der Waals surface area contributed by atoms with Gasteiger partial charge in [-0.1, -0.05) is 6.42 Å². The van der Waals surface area contributed by atoms with Gasteiger partial charge in [0, 0.05) is 29.7 Å². The Labute approximate surface area is 240 Å². The number of unbranched alkanes of at least 4 members (excludes halogenated alkanes) is 2. The zero-order chi connectivity index (χ0) is 29.5. The molecule has 216 valence electrons. The second-order valence-corrected chi connectivity index (χ2v) is 10.7. The molecule has 1 unspecified atom stereocenters. The first kappa shape index (κ1) is 32.0. The number of benzene rings is 2. The van der Waals surface area contributed by atoms with Crippen LogP contribution in [0.15, 0.2) is 42.0 Å². The number of allylic oxidation sites excluding steroid dienone is 1. The molecule has 14 heteroatoms. The Morgan fingerprint density at radius 2 is 1.62 bits per heavy atom. The van der Waals surface area contributed by atoms with Gasteiger partial charge in [0.2, 0.25) is 5.91 Å². The van der Waals surface area contributed by atoms with Crippen LogP contribution in [0.25, 0.3) is 6.08 Å². The molecule has 1 aliphatic rings. The summed E-state index contributed by atoms with van der Waals surface area (Å²) in [4.78, 5) is 37.0. The number of rotatable bonds is 10. The third-order valence-corrected chi connectivity index (χ3v) is 6.93. The van der Waals surface area contributed by atoms with Crippen molar-refractivity contribution in [2.45, 2.75) is 50.9 Å². The lowest BCUT2D eigenvalue weighted by atomic mass is 9.85. The first-order valence-electron chi connectivity index (χ1n) is 12.1. The van der Waals surface area contributed by atoms with E-state index in [1.165, 1.54) is 12.1 Å². The molecule has 0 saturated carbocycles. The van der Waals surface area contributed by atoms with E-state index in [1.54, 1.807) is 6.07 Å². The minimum atomic E-state index is -4.99. The van der Waals surface area contributed by atoms with Crippen LogP contribution in [0.5, 0.6) is 0 Å². The number of hydrogen-bond acceptors (Lipinski definition) is 4. The van der Waals surface area contributed by atoms with Gasteiger partial charge in [-0.25, -0.2) is 10.1 Å². The first-order chi connectivity index (χ1) is 18.8. The van der Waals surface area contributed by atoms with Crippen molar-refractivity contribution < 1.29 is 45.4 Å². The number of nitrogens with one attached hydrogen (secondary N) is 2. The molecule has 2 amide bonds. The summed E-state index contributed by atoms with van der Waals surface area (Å²) in [6.45, 7) is 0.509. The zero-order valence-electron chi connectivity index (χ0n) is 20.8. The highest BCUT2D eigenvalue weighted by atomic mass is 127. The standard InChI is InChI=1S/C26H24F6IN2O4P/c27-25(28,29)19-11-15(12-20(14-19)26(30,31)32)10-17-6-5-16-13-18(7-8-21(16)23(17)37)24(38)34-9-3-1-2-4-22(36)35-39-40-33/h7-8,10-14,40H,1-6,9H2,(H,34,38)(H,35,36)/b17-10+. The van der Waals surface area contributed by atoms with E-state index in [-0.39, 0.29) is 53.9 Å². The third-order valence-electron chi connectivity index (χ3n) is 6.09. The summed E-state index contributed by atoms with van der Waals surface area (Å²) in [6.07, 6.45) is -6.26. The maximum absolute atomic E-state index is 13.2. The number of amides is 2. The lowest BCUT2D eigenvalue weighted by molar-refractivity contribution is -0.143. The van der Waals surface area contributed by atoms with Gasteiger partial charge in [-0.3, -0.25) is 14.4 Å². The fourth-order valence-corrected chi connectivity index (χ4v) is 4.62. The quantitative estimate of drug-likeness (QED) is 0.0686. The minimum absolute atomic E-state index is 0.0368. The molecule has 6 nitrogen and oxygen atoms in total. The van der Waals surface area contributed by atoms with Crippen molar-refractivity contribution in [1.29, 1.82) is 0 Å². The second kappa shape index (κ2) is 13.9. The maximum atomic E-state index is 13.2. The molecule has 0 aromatic heterocycles. The Morgan fingerprint density at radius 3 is 2.25 bits per heavy atom. The second-order valence-electron chi connectivity index (χ2n) is 8.98. The van der Waals surface area contributed by atoms with E-state index < -0.39 is 29.3 Å². The number of hydrogen-bond donors (Lipinski definition) is 2. The summed E-state index contributed by atoms with van der Waals surface area (Å²) in [6, 6.07) is 5.63. The van der Waals surface area contributed by atoms with Gasteiger partial charge >= 0.3 is 12.4 Å². The topological polar surface area (TPSA) is 84.5 Å². The van der Waals surface area contributed by atoms with Gasteiger partial charge in [0.25, 0.3) is 5.91 Å². The normalized spacial score (nSPS) is 15.0. The molecule has 0 radical (unpaired) electrons. The van der Waals surface area contributed by atoms with Crippen LogP contribution in [0.3, 0.4) is 0 Å². The Hall–Kier alpha value is -2.51. The van der Waals surface area contributed by atoms with Crippen molar-refractivity contribution in [1.82, 2.24) is 10.8 Å². The van der Waals surface area contributed by atoms with E-state index in [0.29, 0.717) is 55.5 Å². The van der Waals surface area contributed by atoms with Crippen LogP contribution in [0.2, 0.25) is 0 Å². The average molecular weight is 700 g/mol. The van der Waals surface area contributed by atoms with Gasteiger partial charge in [-0.05, 0) is 101 Å². The van der Waals surface area contributed by atoms with Gasteiger partial charge in [-0.2, -0.15) is 26.3 Å². The Morgan fingerprint density at radius 1 is 0.950 bits per heavy atom. The Bertz CT molecular complexity index is 1260. The molecular formula is C26H24F6IN2O4P. The van der Waals surface area contributed by atoms with Crippen LogP contribution < -0.4 is 10.8 Å². The van der Waals surface area contributed by atoms with Crippen molar-refractivity contribution in [3.8, 4) is 0 Å². The predicted octanol–water partition coefficient (Wildman–Crippen LogP) is 7.22. The number of carbonyl (C=O) groups excluding carboxylic acids is 3. The van der Waals surface area contributed by atoms with Gasteiger partial charge in [-0.15, -0.1) is 0 Å². The molecule has 0 fully saturated rings. The highest BCUT2D eigenvalue weighted by Gasteiger charge is 2.37. The lowest BCUT2D eigenvalue weighted by Gasteiger charge is -2.19. The number of carbonyl (C=O) groups is 3. The number of ketones is 1. The van der Waals surface area contributed by atoms with Crippen LogP contribution >= 0.6 is 28.5 Å². The predicted molar refractivity (Wildman–Crippen MR) is 146 cm³/mol. The number of alkyl halides is 6. The van der Waals surface area contributed by atoms with Crippen LogP contribution in [0, 0.1) is 0 Å². The van der Waals surface area contributed by atoms with E-state index >= 15 is 0 Å². The molecule has 2 aromatic carbocycles. The smallest absolute Gasteiger partial charge is 0.352 e. The summed E-state index contributed by atoms with van der Waals surface area (Å²) in [5, 5.41) is 2.77. The van der Waals surface area contributed by atoms with Crippen LogP contribution in [-0.4, -0.2) is 24.1 Å². The summed E-state index contributed by atoms with van der Waals surface area (Å²) < 4.78 is 83.9. The molecule has 1 aliphatic carbocycles. The van der Waals surface area contributed by atoms with Gasteiger partial charge < -0.3 is 5.32 Å². The van der Waals surface area contributed by atoms with Gasteiger partial charge in [0.05, 0.1) is 11.1 Å². The third kappa shape index (κ3) is 9.00. The van der Waals surface area contributed by atoms with Crippen molar-refractivity contribution in [3.63, 3.8) is 0 Å². The number of aryl methyl sites for hydroxylation is 1. The SMILES string of the molecule is O=C(CCCCCNC(=O)c1ccc2c(c1)CC/C(=C\c1cc(C(F)(F)F)cc(C(F)(F)F)c1)C2=O)NOPI. The number of Topliss-reactive ketones (excluding diaryl/α,β-unsaturated/α-hetero) is 1. The fraction of sp³-hybridized carbons (Fsp3) is 0.346. The number of hydroxylamine groups is 1. The molecule has 0 heterocycles. The number of halogens is 7. The van der Waals surface area contributed by atoms with E-state index in [4.69, 9.17) is 4.62 Å². The molecule has 0 spiro atoms. The van der Waals surface area contributed by atoms with Crippen molar-refractivity contribution in [2.24, 2.45) is 0 Å². The monoisotopic (exact) mass is 700 g/mol. The zero-order valence-corrected chi connectivity index (χ0v) is 23.9. The highest BCUT2D eigenvalue weighted by molar-refractivity contribution is 14.2. The Balaban J connectivity index is 1.64. The van der Waals surface area contributed by atoms with E-state index in [9.17, 15) is 40.7 Å². The first-order valence-corrected chi connectivity index (χ1v) is 16.1. The van der Waals surface area contributed by atoms with Crippen LogP contribution in [-0.2, 0) is 28.2 Å². The molecule has 3 rings (SSSR count). The van der Waals surface area contributed by atoms with E-state index in [0.717, 1.165) is 6.08 Å². The molecule has 0 aliphatic heterocycles. The minimum Gasteiger partial charge on any atom is -0.352 e. The van der Waals surface area contributed by atoms with Crippen LogP contribution in [0.4, 0.5) is 26.3 Å². The van der Waals surface area contributed by atoms with Gasteiger partial charge in [0.1, 0.15) is 6.45 Å². The lowest BCUT2D eigenvalue weighted by Crippen LogP contribution is -2.25. The fourth-order valence-electron chi connectivity index (χ4n) is 4.14. The van der Waals surface area contributed by atoms with Gasteiger partial charge in [0.15, 0.2) is 5.78 Å². The summed E-state index contributed by atoms with van der Waals surface area (Å²) in [5.74, 6) is -1.09. The van der Waals surface area contributed by atoms with Crippen molar-refractivity contribution in [3.05, 3.63) is 75.4 Å². The molecule has 0 bridgehead atoms. The number of fused-ring (bicyclic) bond motifs is 1. The molecule has 2 N–H and O–H groups in total. The summed E-state index contributed by atoms with van der Waals surface area (Å²) in [7, 11) is 0. The van der Waals surface area contributed by atoms with Crippen LogP contribution in [0.1, 0.15) is 75.1 Å². The summed E-state index contributed by atoms with van der Waals surface area (Å²) >= 11 is 1.98. The molecule has 0 saturated heterocycles.